The standard InChI is InChI=1S/C22H29N3O2/c1-24-21(26)20(14-16-8-4-2-5-9-16)25-13-12-18(15-19(23)22(25)27)17-10-6-3-7-11-17/h2-10,17-20H,11-15,23H2,1H3,(H,24,26). The van der Waals surface area contributed by atoms with Crippen LogP contribution in [0.4, 0.5) is 0 Å². The Morgan fingerprint density at radius 2 is 2.07 bits per heavy atom. The van der Waals surface area contributed by atoms with E-state index in [-0.39, 0.29) is 11.8 Å². The maximum Gasteiger partial charge on any atom is 0.242 e. The number of hydrogen-bond acceptors (Lipinski definition) is 3. The van der Waals surface area contributed by atoms with Gasteiger partial charge in [-0.05, 0) is 36.7 Å². The molecule has 1 saturated heterocycles. The van der Waals surface area contributed by atoms with Crippen molar-refractivity contribution in [2.24, 2.45) is 17.6 Å². The van der Waals surface area contributed by atoms with E-state index in [4.69, 9.17) is 5.73 Å². The van der Waals surface area contributed by atoms with E-state index in [0.717, 1.165) is 18.4 Å². The first-order valence-electron chi connectivity index (χ1n) is 9.75. The Morgan fingerprint density at radius 1 is 1.30 bits per heavy atom. The second kappa shape index (κ2) is 9.00. The van der Waals surface area contributed by atoms with Gasteiger partial charge < -0.3 is 16.0 Å². The van der Waals surface area contributed by atoms with Crippen LogP contribution >= 0.6 is 0 Å². The summed E-state index contributed by atoms with van der Waals surface area (Å²) in [4.78, 5) is 27.3. The van der Waals surface area contributed by atoms with Gasteiger partial charge in [0.15, 0.2) is 0 Å². The Bertz CT molecular complexity index is 714. The van der Waals surface area contributed by atoms with Crippen LogP contribution in [0.1, 0.15) is 24.8 Å². The monoisotopic (exact) mass is 367 g/mol. The number of nitrogens with one attached hydrogen (secondary N) is 1. The lowest BCUT2D eigenvalue weighted by atomic mass is 9.81. The van der Waals surface area contributed by atoms with Gasteiger partial charge in [-0.25, -0.2) is 0 Å². The SMILES string of the molecule is CNC(=O)C(Cc1ccccc1)N1CCC(C2C=CC=CC2)CC(N)C1=O. The summed E-state index contributed by atoms with van der Waals surface area (Å²) in [6, 6.07) is 8.73. The van der Waals surface area contributed by atoms with Crippen LogP contribution in [0.5, 0.6) is 0 Å². The summed E-state index contributed by atoms with van der Waals surface area (Å²) in [5.74, 6) is 0.522. The molecule has 1 aromatic rings. The summed E-state index contributed by atoms with van der Waals surface area (Å²) in [5, 5.41) is 2.72. The number of nitrogens with zero attached hydrogens (tertiary/aromatic N) is 1. The fraction of sp³-hybridized carbons (Fsp3) is 0.455. The maximum absolute atomic E-state index is 13.0. The normalized spacial score (nSPS) is 26.5. The minimum absolute atomic E-state index is 0.114. The summed E-state index contributed by atoms with van der Waals surface area (Å²) in [7, 11) is 1.62. The van der Waals surface area contributed by atoms with Crippen LogP contribution in [-0.2, 0) is 16.0 Å². The summed E-state index contributed by atoms with van der Waals surface area (Å²) >= 11 is 0. The molecule has 0 saturated carbocycles. The van der Waals surface area contributed by atoms with Gasteiger partial charge in [0.2, 0.25) is 11.8 Å². The minimum Gasteiger partial charge on any atom is -0.357 e. The molecule has 1 aliphatic heterocycles. The zero-order valence-electron chi connectivity index (χ0n) is 15.9. The first-order valence-corrected chi connectivity index (χ1v) is 9.75. The highest BCUT2D eigenvalue weighted by molar-refractivity contribution is 5.90. The lowest BCUT2D eigenvalue weighted by Gasteiger charge is -2.31. The van der Waals surface area contributed by atoms with Gasteiger partial charge in [0.1, 0.15) is 6.04 Å². The van der Waals surface area contributed by atoms with E-state index in [0.29, 0.717) is 31.2 Å². The zero-order valence-corrected chi connectivity index (χ0v) is 15.9. The summed E-state index contributed by atoms with van der Waals surface area (Å²) in [5.41, 5.74) is 7.31. The van der Waals surface area contributed by atoms with E-state index < -0.39 is 12.1 Å². The van der Waals surface area contributed by atoms with Crippen molar-refractivity contribution in [2.45, 2.75) is 37.8 Å². The van der Waals surface area contributed by atoms with E-state index in [1.54, 1.807) is 11.9 Å². The second-order valence-corrected chi connectivity index (χ2v) is 7.45. The molecule has 4 unspecified atom stereocenters. The molecule has 1 heterocycles. The molecule has 5 heteroatoms. The Labute approximate surface area is 161 Å². The molecule has 0 bridgehead atoms. The van der Waals surface area contributed by atoms with Crippen LogP contribution in [0.15, 0.2) is 54.6 Å². The Morgan fingerprint density at radius 3 is 2.74 bits per heavy atom. The van der Waals surface area contributed by atoms with Gasteiger partial charge in [-0.2, -0.15) is 0 Å². The van der Waals surface area contributed by atoms with E-state index in [1.807, 2.05) is 30.3 Å². The summed E-state index contributed by atoms with van der Waals surface area (Å²) < 4.78 is 0. The molecule has 1 fully saturated rings. The van der Waals surface area contributed by atoms with Crippen molar-refractivity contribution in [3.63, 3.8) is 0 Å². The minimum atomic E-state index is -0.556. The molecule has 27 heavy (non-hydrogen) atoms. The third-order valence-electron chi connectivity index (χ3n) is 5.71. The smallest absolute Gasteiger partial charge is 0.242 e. The third-order valence-corrected chi connectivity index (χ3v) is 5.71. The number of carbonyl (C=O) groups is 2. The highest BCUT2D eigenvalue weighted by Gasteiger charge is 2.37. The molecule has 2 aliphatic rings. The number of benzene rings is 1. The second-order valence-electron chi connectivity index (χ2n) is 7.45. The topological polar surface area (TPSA) is 75.4 Å². The summed E-state index contributed by atoms with van der Waals surface area (Å²) in [6.45, 7) is 0.566. The number of hydrogen-bond donors (Lipinski definition) is 2. The van der Waals surface area contributed by atoms with Crippen LogP contribution in [0.2, 0.25) is 0 Å². The Hall–Kier alpha value is -2.40. The molecule has 1 aromatic carbocycles. The number of nitrogens with two attached hydrogens (primary N) is 1. The number of amides is 2. The van der Waals surface area contributed by atoms with Crippen molar-refractivity contribution >= 4 is 11.8 Å². The predicted octanol–water partition coefficient (Wildman–Crippen LogP) is 2.04. The van der Waals surface area contributed by atoms with Crippen LogP contribution < -0.4 is 11.1 Å². The molecule has 0 spiro atoms. The number of allylic oxidation sites excluding steroid dienone is 4. The average Bonchev–Trinajstić information content (AvgIpc) is 2.86. The van der Waals surface area contributed by atoms with Crippen molar-refractivity contribution in [3.05, 3.63) is 60.2 Å². The first kappa shape index (κ1) is 19.4. The average molecular weight is 367 g/mol. The quantitative estimate of drug-likeness (QED) is 0.836. The summed E-state index contributed by atoms with van der Waals surface area (Å²) in [6.07, 6.45) is 11.6. The molecular weight excluding hydrogens is 338 g/mol. The molecule has 144 valence electrons. The van der Waals surface area contributed by atoms with Gasteiger partial charge in [-0.3, -0.25) is 9.59 Å². The van der Waals surface area contributed by atoms with Crippen molar-refractivity contribution in [1.29, 1.82) is 0 Å². The van der Waals surface area contributed by atoms with Crippen LogP contribution in [0.25, 0.3) is 0 Å². The Kier molecular flexibility index (Phi) is 6.45. The van der Waals surface area contributed by atoms with Gasteiger partial charge in [-0.15, -0.1) is 0 Å². The lowest BCUT2D eigenvalue weighted by Crippen LogP contribution is -2.53. The maximum atomic E-state index is 13.0. The fourth-order valence-electron chi connectivity index (χ4n) is 4.17. The molecule has 3 rings (SSSR count). The molecule has 0 aromatic heterocycles. The third kappa shape index (κ3) is 4.66. The fourth-order valence-corrected chi connectivity index (χ4v) is 4.17. The van der Waals surface area contributed by atoms with E-state index in [1.165, 1.54) is 0 Å². The molecule has 3 N–H and O–H groups in total. The van der Waals surface area contributed by atoms with Crippen molar-refractivity contribution in [1.82, 2.24) is 10.2 Å². The number of rotatable bonds is 5. The van der Waals surface area contributed by atoms with Gasteiger partial charge in [0.25, 0.3) is 0 Å². The first-order chi connectivity index (χ1) is 13.1. The molecule has 4 atom stereocenters. The van der Waals surface area contributed by atoms with Crippen LogP contribution in [0, 0.1) is 11.8 Å². The lowest BCUT2D eigenvalue weighted by molar-refractivity contribution is -0.140. The number of carbonyl (C=O) groups excluding carboxylic acids is 2. The van der Waals surface area contributed by atoms with Crippen LogP contribution in [0.3, 0.4) is 0 Å². The van der Waals surface area contributed by atoms with E-state index in [2.05, 4.69) is 29.6 Å². The highest BCUT2D eigenvalue weighted by atomic mass is 16.2. The number of likely N-dealkylation sites (N-methyl/N-ethyl adjacent to an activating group) is 1. The zero-order chi connectivity index (χ0) is 19.2. The van der Waals surface area contributed by atoms with Gasteiger partial charge >= 0.3 is 0 Å². The molecule has 5 nitrogen and oxygen atoms in total. The van der Waals surface area contributed by atoms with E-state index >= 15 is 0 Å². The van der Waals surface area contributed by atoms with Gasteiger partial charge in [0.05, 0.1) is 6.04 Å². The van der Waals surface area contributed by atoms with Gasteiger partial charge in [0, 0.05) is 20.0 Å². The van der Waals surface area contributed by atoms with Crippen molar-refractivity contribution in [3.8, 4) is 0 Å². The van der Waals surface area contributed by atoms with E-state index in [9.17, 15) is 9.59 Å². The molecule has 0 radical (unpaired) electrons. The largest absolute Gasteiger partial charge is 0.357 e. The van der Waals surface area contributed by atoms with Crippen molar-refractivity contribution in [2.75, 3.05) is 13.6 Å². The highest BCUT2D eigenvalue weighted by Crippen LogP contribution is 2.31. The molecular formula is C22H29N3O2. The van der Waals surface area contributed by atoms with Crippen LogP contribution in [-0.4, -0.2) is 42.4 Å². The Balaban J connectivity index is 1.79. The van der Waals surface area contributed by atoms with Crippen molar-refractivity contribution < 1.29 is 9.59 Å². The van der Waals surface area contributed by atoms with Gasteiger partial charge in [-0.1, -0.05) is 54.6 Å². The molecule has 2 amide bonds. The molecule has 1 aliphatic carbocycles. The number of likely N-dealkylation sites (tertiary alicyclic amines) is 1. The predicted molar refractivity (Wildman–Crippen MR) is 107 cm³/mol.